The largest absolute Gasteiger partial charge is 0.476 e. The maximum absolute atomic E-state index is 11.0. The molecule has 2 heterocycles. The summed E-state index contributed by atoms with van der Waals surface area (Å²) < 4.78 is 1.37. The molecule has 2 aromatic rings. The Morgan fingerprint density at radius 3 is 2.93 bits per heavy atom. The highest BCUT2D eigenvalue weighted by atomic mass is 32.1. The van der Waals surface area contributed by atoms with Crippen LogP contribution in [0.15, 0.2) is 17.5 Å². The number of carboxylic acid groups (broad SMARTS) is 1. The Labute approximate surface area is 89.8 Å². The van der Waals surface area contributed by atoms with Crippen molar-refractivity contribution in [3.05, 3.63) is 23.2 Å². The molecule has 0 fully saturated rings. The van der Waals surface area contributed by atoms with Crippen molar-refractivity contribution in [3.63, 3.8) is 0 Å². The summed E-state index contributed by atoms with van der Waals surface area (Å²) in [4.78, 5) is 11.8. The number of carboxylic acids is 1. The molecule has 0 aliphatic carbocycles. The lowest BCUT2D eigenvalue weighted by Crippen LogP contribution is -2.00. The average Bonchev–Trinajstić information content (AvgIpc) is 2.76. The van der Waals surface area contributed by atoms with Gasteiger partial charge in [0, 0.05) is 11.9 Å². The van der Waals surface area contributed by atoms with E-state index in [0.717, 1.165) is 4.88 Å². The van der Waals surface area contributed by atoms with Gasteiger partial charge in [0.1, 0.15) is 5.82 Å². The second kappa shape index (κ2) is 3.39. The lowest BCUT2D eigenvalue weighted by atomic mass is 10.2. The number of nitrogens with two attached hydrogens (primary N) is 1. The number of rotatable bonds is 2. The zero-order valence-corrected chi connectivity index (χ0v) is 8.78. The van der Waals surface area contributed by atoms with Gasteiger partial charge in [-0.3, -0.25) is 4.68 Å². The first kappa shape index (κ1) is 9.72. The number of carbonyl (C=O) groups is 1. The van der Waals surface area contributed by atoms with Crippen LogP contribution in [0.4, 0.5) is 5.82 Å². The van der Waals surface area contributed by atoms with Crippen LogP contribution >= 0.6 is 11.3 Å². The highest BCUT2D eigenvalue weighted by molar-refractivity contribution is 7.13. The minimum absolute atomic E-state index is 0.00236. The molecule has 0 atom stereocenters. The van der Waals surface area contributed by atoms with Crippen molar-refractivity contribution < 1.29 is 9.90 Å². The monoisotopic (exact) mass is 223 g/mol. The molecule has 78 valence electrons. The molecule has 0 amide bonds. The van der Waals surface area contributed by atoms with Crippen LogP contribution < -0.4 is 5.73 Å². The van der Waals surface area contributed by atoms with Gasteiger partial charge in [-0.1, -0.05) is 6.07 Å². The third kappa shape index (κ3) is 1.48. The average molecular weight is 223 g/mol. The summed E-state index contributed by atoms with van der Waals surface area (Å²) in [6.07, 6.45) is 0. The van der Waals surface area contributed by atoms with Crippen molar-refractivity contribution in [1.29, 1.82) is 0 Å². The fourth-order valence-corrected chi connectivity index (χ4v) is 2.13. The number of thiophene rings is 1. The summed E-state index contributed by atoms with van der Waals surface area (Å²) in [6.45, 7) is 0. The van der Waals surface area contributed by atoms with Gasteiger partial charge in [0.2, 0.25) is 0 Å². The van der Waals surface area contributed by atoms with Gasteiger partial charge in [-0.25, -0.2) is 4.79 Å². The zero-order valence-electron chi connectivity index (χ0n) is 7.97. The normalized spacial score (nSPS) is 10.5. The highest BCUT2D eigenvalue weighted by Gasteiger charge is 2.21. The van der Waals surface area contributed by atoms with Crippen LogP contribution in [0, 0.1) is 0 Å². The summed E-state index contributed by atoms with van der Waals surface area (Å²) >= 11 is 1.44. The van der Waals surface area contributed by atoms with Gasteiger partial charge in [-0.15, -0.1) is 11.3 Å². The number of aromatic carboxylic acids is 1. The van der Waals surface area contributed by atoms with Crippen LogP contribution in [0.25, 0.3) is 10.4 Å². The van der Waals surface area contributed by atoms with Gasteiger partial charge in [0.25, 0.3) is 0 Å². The summed E-state index contributed by atoms with van der Waals surface area (Å²) in [5.74, 6) is -0.694. The molecule has 3 N–H and O–H groups in total. The topological polar surface area (TPSA) is 81.1 Å². The van der Waals surface area contributed by atoms with Crippen molar-refractivity contribution in [2.45, 2.75) is 0 Å². The first-order chi connectivity index (χ1) is 7.11. The van der Waals surface area contributed by atoms with Crippen molar-refractivity contribution in [3.8, 4) is 10.4 Å². The van der Waals surface area contributed by atoms with Crippen molar-refractivity contribution in [2.24, 2.45) is 7.05 Å². The Kier molecular flexibility index (Phi) is 2.20. The van der Waals surface area contributed by atoms with Crippen LogP contribution in [0.2, 0.25) is 0 Å². The first-order valence-electron chi connectivity index (χ1n) is 4.21. The lowest BCUT2D eigenvalue weighted by molar-refractivity contribution is 0.0690. The Hall–Kier alpha value is -1.82. The molecular formula is C9H9N3O2S. The number of aromatic nitrogens is 2. The van der Waals surface area contributed by atoms with Crippen molar-refractivity contribution in [1.82, 2.24) is 9.78 Å². The third-order valence-corrected chi connectivity index (χ3v) is 2.95. The van der Waals surface area contributed by atoms with Crippen LogP contribution in [-0.4, -0.2) is 20.9 Å². The number of aryl methyl sites for hydroxylation is 1. The fraction of sp³-hybridized carbons (Fsp3) is 0.111. The first-order valence-corrected chi connectivity index (χ1v) is 5.09. The van der Waals surface area contributed by atoms with E-state index < -0.39 is 5.97 Å². The predicted molar refractivity (Wildman–Crippen MR) is 57.9 cm³/mol. The SMILES string of the molecule is Cn1nc(C(=O)O)c(-c2cccs2)c1N. The van der Waals surface area contributed by atoms with Gasteiger partial charge in [0.05, 0.1) is 5.56 Å². The Bertz CT molecular complexity index is 502. The summed E-state index contributed by atoms with van der Waals surface area (Å²) in [5.41, 5.74) is 6.27. The van der Waals surface area contributed by atoms with E-state index in [1.54, 1.807) is 7.05 Å². The van der Waals surface area contributed by atoms with E-state index in [0.29, 0.717) is 11.4 Å². The number of nitrogen functional groups attached to an aromatic ring is 1. The molecule has 0 bridgehead atoms. The van der Waals surface area contributed by atoms with E-state index in [1.807, 2.05) is 17.5 Å². The molecule has 0 aliphatic heterocycles. The van der Waals surface area contributed by atoms with Gasteiger partial charge in [-0.2, -0.15) is 5.10 Å². The van der Waals surface area contributed by atoms with Crippen molar-refractivity contribution >= 4 is 23.1 Å². The molecule has 0 aromatic carbocycles. The van der Waals surface area contributed by atoms with E-state index in [9.17, 15) is 4.79 Å². The van der Waals surface area contributed by atoms with Crippen molar-refractivity contribution in [2.75, 3.05) is 5.73 Å². The molecule has 6 heteroatoms. The van der Waals surface area contributed by atoms with E-state index in [4.69, 9.17) is 10.8 Å². The van der Waals surface area contributed by atoms with Crippen LogP contribution in [0.5, 0.6) is 0 Å². The standard InChI is InChI=1S/C9H9N3O2S/c1-12-8(10)6(5-3-2-4-15-5)7(11-12)9(13)14/h2-4H,10H2,1H3,(H,13,14). The molecule has 0 spiro atoms. The summed E-state index contributed by atoms with van der Waals surface area (Å²) in [6, 6.07) is 3.67. The zero-order chi connectivity index (χ0) is 11.0. The third-order valence-electron chi connectivity index (χ3n) is 2.06. The minimum Gasteiger partial charge on any atom is -0.476 e. The van der Waals surface area contributed by atoms with Gasteiger partial charge < -0.3 is 10.8 Å². The highest BCUT2D eigenvalue weighted by Crippen LogP contribution is 2.32. The number of hydrogen-bond acceptors (Lipinski definition) is 4. The van der Waals surface area contributed by atoms with Crippen LogP contribution in [0.1, 0.15) is 10.5 Å². The van der Waals surface area contributed by atoms with Gasteiger partial charge >= 0.3 is 5.97 Å². The molecule has 0 aliphatic rings. The van der Waals surface area contributed by atoms with Gasteiger partial charge in [0.15, 0.2) is 5.69 Å². The summed E-state index contributed by atoms with van der Waals surface area (Å²) in [7, 11) is 1.62. The molecule has 0 radical (unpaired) electrons. The lowest BCUT2D eigenvalue weighted by Gasteiger charge is -1.97. The molecule has 15 heavy (non-hydrogen) atoms. The number of anilines is 1. The van der Waals surface area contributed by atoms with E-state index in [-0.39, 0.29) is 5.69 Å². The molecule has 2 rings (SSSR count). The Balaban J connectivity index is 2.68. The summed E-state index contributed by atoms with van der Waals surface area (Å²) in [5, 5.41) is 14.7. The maximum Gasteiger partial charge on any atom is 0.357 e. The Morgan fingerprint density at radius 1 is 1.67 bits per heavy atom. The minimum atomic E-state index is -1.06. The second-order valence-corrected chi connectivity index (χ2v) is 3.96. The van der Waals surface area contributed by atoms with E-state index in [1.165, 1.54) is 16.0 Å². The smallest absolute Gasteiger partial charge is 0.357 e. The Morgan fingerprint density at radius 2 is 2.40 bits per heavy atom. The quantitative estimate of drug-likeness (QED) is 0.807. The van der Waals surface area contributed by atoms with E-state index >= 15 is 0 Å². The molecule has 2 aromatic heterocycles. The number of nitrogens with zero attached hydrogens (tertiary/aromatic N) is 2. The maximum atomic E-state index is 11.0. The molecule has 0 saturated carbocycles. The van der Waals surface area contributed by atoms with Gasteiger partial charge in [-0.05, 0) is 11.4 Å². The number of hydrogen-bond donors (Lipinski definition) is 2. The molecule has 0 unspecified atom stereocenters. The predicted octanol–water partition coefficient (Wildman–Crippen LogP) is 1.43. The fourth-order valence-electron chi connectivity index (χ4n) is 1.35. The molecule has 5 nitrogen and oxygen atoms in total. The van der Waals surface area contributed by atoms with E-state index in [2.05, 4.69) is 5.10 Å². The second-order valence-electron chi connectivity index (χ2n) is 3.01. The van der Waals surface area contributed by atoms with Crippen LogP contribution in [-0.2, 0) is 7.05 Å². The van der Waals surface area contributed by atoms with Crippen LogP contribution in [0.3, 0.4) is 0 Å². The molecule has 0 saturated heterocycles. The molecular weight excluding hydrogens is 214 g/mol.